The quantitative estimate of drug-likeness (QED) is 0.871. The van der Waals surface area contributed by atoms with Crippen molar-refractivity contribution in [1.82, 2.24) is 9.88 Å². The molecule has 1 atom stereocenters. The third kappa shape index (κ3) is 3.51. The molecule has 2 N–H and O–H groups in total. The minimum absolute atomic E-state index is 0.349. The van der Waals surface area contributed by atoms with Gasteiger partial charge in [0.05, 0.1) is 0 Å². The molecule has 3 heteroatoms. The van der Waals surface area contributed by atoms with E-state index in [-0.39, 0.29) is 0 Å². The molecule has 17 heavy (non-hydrogen) atoms. The van der Waals surface area contributed by atoms with Gasteiger partial charge in [0.15, 0.2) is 0 Å². The van der Waals surface area contributed by atoms with Gasteiger partial charge < -0.3 is 5.73 Å². The molecule has 1 fully saturated rings. The Labute approximate surface area is 104 Å². The molecule has 0 radical (unpaired) electrons. The zero-order valence-electron chi connectivity index (χ0n) is 10.5. The molecular formula is C14H23N3. The number of nitrogens with two attached hydrogens (primary N) is 1. The summed E-state index contributed by atoms with van der Waals surface area (Å²) in [5.74, 6) is 0. The molecule has 1 unspecified atom stereocenters. The minimum atomic E-state index is 0.349. The fourth-order valence-corrected chi connectivity index (χ4v) is 2.65. The van der Waals surface area contributed by atoms with Crippen molar-refractivity contribution >= 4 is 0 Å². The molecule has 1 aliphatic heterocycles. The highest BCUT2D eigenvalue weighted by Gasteiger charge is 2.19. The van der Waals surface area contributed by atoms with Crippen molar-refractivity contribution in [3.05, 3.63) is 30.1 Å². The van der Waals surface area contributed by atoms with Crippen molar-refractivity contribution in [1.29, 1.82) is 0 Å². The third-order valence-corrected chi connectivity index (χ3v) is 3.62. The van der Waals surface area contributed by atoms with Gasteiger partial charge >= 0.3 is 0 Å². The Kier molecular flexibility index (Phi) is 4.95. The number of likely N-dealkylation sites (tertiary alicyclic amines) is 1. The van der Waals surface area contributed by atoms with Crippen LogP contribution in [-0.4, -0.2) is 29.5 Å². The number of hydrogen-bond donors (Lipinski definition) is 1. The molecule has 0 bridgehead atoms. The van der Waals surface area contributed by atoms with Crippen molar-refractivity contribution in [2.45, 2.75) is 38.1 Å². The zero-order chi connectivity index (χ0) is 11.9. The van der Waals surface area contributed by atoms with E-state index in [0.29, 0.717) is 12.6 Å². The van der Waals surface area contributed by atoms with Gasteiger partial charge in [-0.05, 0) is 37.6 Å². The maximum absolute atomic E-state index is 5.96. The van der Waals surface area contributed by atoms with Crippen LogP contribution in [0.1, 0.15) is 43.7 Å². The molecule has 1 aromatic heterocycles. The standard InChI is InChI=1S/C14H23N3/c15-11-14(13-7-6-8-16-12-13)17-9-4-2-1-3-5-10-17/h6-8,12,14H,1-5,9-11,15H2. The molecule has 0 aromatic carbocycles. The number of aromatic nitrogens is 1. The maximum Gasteiger partial charge on any atom is 0.0485 e. The fraction of sp³-hybridized carbons (Fsp3) is 0.643. The van der Waals surface area contributed by atoms with Gasteiger partial charge in [0.1, 0.15) is 0 Å². The van der Waals surface area contributed by atoms with Crippen LogP contribution in [0.3, 0.4) is 0 Å². The largest absolute Gasteiger partial charge is 0.329 e. The maximum atomic E-state index is 5.96. The summed E-state index contributed by atoms with van der Waals surface area (Å²) in [5, 5.41) is 0. The number of nitrogens with zero attached hydrogens (tertiary/aromatic N) is 2. The number of rotatable bonds is 3. The average molecular weight is 233 g/mol. The summed E-state index contributed by atoms with van der Waals surface area (Å²) in [6, 6.07) is 4.49. The fourth-order valence-electron chi connectivity index (χ4n) is 2.65. The lowest BCUT2D eigenvalue weighted by Gasteiger charge is -2.32. The van der Waals surface area contributed by atoms with Crippen LogP contribution in [-0.2, 0) is 0 Å². The summed E-state index contributed by atoms with van der Waals surface area (Å²) in [6.45, 7) is 3.04. The Morgan fingerprint density at radius 1 is 1.18 bits per heavy atom. The molecule has 0 aliphatic carbocycles. The number of hydrogen-bond acceptors (Lipinski definition) is 3. The Hall–Kier alpha value is -0.930. The van der Waals surface area contributed by atoms with Gasteiger partial charge in [-0.1, -0.05) is 25.3 Å². The average Bonchev–Trinajstić information content (AvgIpc) is 2.34. The summed E-state index contributed by atoms with van der Waals surface area (Å²) in [6.07, 6.45) is 10.5. The van der Waals surface area contributed by atoms with Gasteiger partial charge in [-0.15, -0.1) is 0 Å². The number of pyridine rings is 1. The SMILES string of the molecule is NCC(c1cccnc1)N1CCCCCCC1. The molecule has 2 heterocycles. The predicted octanol–water partition coefficient (Wildman–Crippen LogP) is 2.35. The summed E-state index contributed by atoms with van der Waals surface area (Å²) in [5.41, 5.74) is 7.22. The Morgan fingerprint density at radius 2 is 1.88 bits per heavy atom. The lowest BCUT2D eigenvalue weighted by atomic mass is 10.0. The van der Waals surface area contributed by atoms with Crippen LogP contribution in [0.4, 0.5) is 0 Å². The van der Waals surface area contributed by atoms with Crippen LogP contribution in [0.2, 0.25) is 0 Å². The summed E-state index contributed by atoms with van der Waals surface area (Å²) < 4.78 is 0. The zero-order valence-corrected chi connectivity index (χ0v) is 10.5. The van der Waals surface area contributed by atoms with E-state index in [4.69, 9.17) is 5.73 Å². The second-order valence-corrected chi connectivity index (χ2v) is 4.84. The van der Waals surface area contributed by atoms with Gasteiger partial charge in [0.2, 0.25) is 0 Å². The first-order chi connectivity index (χ1) is 8.42. The molecule has 94 valence electrons. The lowest BCUT2D eigenvalue weighted by Crippen LogP contribution is -2.36. The first kappa shape index (κ1) is 12.5. The van der Waals surface area contributed by atoms with E-state index in [0.717, 1.165) is 0 Å². The van der Waals surface area contributed by atoms with Crippen molar-refractivity contribution in [2.24, 2.45) is 5.73 Å². The van der Waals surface area contributed by atoms with Crippen molar-refractivity contribution in [2.75, 3.05) is 19.6 Å². The van der Waals surface area contributed by atoms with E-state index in [1.54, 1.807) is 0 Å². The Balaban J connectivity index is 2.05. The molecule has 0 saturated carbocycles. The van der Waals surface area contributed by atoms with Crippen LogP contribution in [0.5, 0.6) is 0 Å². The van der Waals surface area contributed by atoms with Crippen molar-refractivity contribution in [3.63, 3.8) is 0 Å². The van der Waals surface area contributed by atoms with Crippen LogP contribution >= 0.6 is 0 Å². The molecule has 1 aliphatic rings. The molecule has 0 amide bonds. The molecule has 1 saturated heterocycles. The van der Waals surface area contributed by atoms with E-state index in [9.17, 15) is 0 Å². The molecule has 3 nitrogen and oxygen atoms in total. The Bertz CT molecular complexity index is 305. The van der Waals surface area contributed by atoms with Gasteiger partial charge in [-0.3, -0.25) is 9.88 Å². The molecule has 2 rings (SSSR count). The predicted molar refractivity (Wildman–Crippen MR) is 70.7 cm³/mol. The summed E-state index contributed by atoms with van der Waals surface area (Å²) in [7, 11) is 0. The monoisotopic (exact) mass is 233 g/mol. The third-order valence-electron chi connectivity index (χ3n) is 3.62. The summed E-state index contributed by atoms with van der Waals surface area (Å²) in [4.78, 5) is 6.75. The highest BCUT2D eigenvalue weighted by molar-refractivity contribution is 5.14. The van der Waals surface area contributed by atoms with Crippen LogP contribution in [0.15, 0.2) is 24.5 Å². The van der Waals surface area contributed by atoms with E-state index in [2.05, 4.69) is 16.0 Å². The van der Waals surface area contributed by atoms with Crippen LogP contribution in [0, 0.1) is 0 Å². The van der Waals surface area contributed by atoms with Gasteiger partial charge in [0, 0.05) is 25.0 Å². The highest BCUT2D eigenvalue weighted by atomic mass is 15.2. The smallest absolute Gasteiger partial charge is 0.0485 e. The van der Waals surface area contributed by atoms with E-state index < -0.39 is 0 Å². The molecule has 1 aromatic rings. The van der Waals surface area contributed by atoms with Crippen LogP contribution in [0.25, 0.3) is 0 Å². The van der Waals surface area contributed by atoms with Gasteiger partial charge in [-0.25, -0.2) is 0 Å². The van der Waals surface area contributed by atoms with Crippen molar-refractivity contribution < 1.29 is 0 Å². The first-order valence-electron chi connectivity index (χ1n) is 6.76. The van der Waals surface area contributed by atoms with E-state index >= 15 is 0 Å². The lowest BCUT2D eigenvalue weighted by molar-refractivity contribution is 0.183. The normalized spacial score (nSPS) is 20.5. The second-order valence-electron chi connectivity index (χ2n) is 4.84. The molecular weight excluding hydrogens is 210 g/mol. The van der Waals surface area contributed by atoms with Gasteiger partial charge in [-0.2, -0.15) is 0 Å². The summed E-state index contributed by atoms with van der Waals surface area (Å²) >= 11 is 0. The van der Waals surface area contributed by atoms with E-state index in [1.165, 1.54) is 50.8 Å². The highest BCUT2D eigenvalue weighted by Crippen LogP contribution is 2.22. The van der Waals surface area contributed by atoms with Gasteiger partial charge in [0.25, 0.3) is 0 Å². The topological polar surface area (TPSA) is 42.1 Å². The van der Waals surface area contributed by atoms with E-state index in [1.807, 2.05) is 18.5 Å². The first-order valence-corrected chi connectivity index (χ1v) is 6.76. The van der Waals surface area contributed by atoms with Crippen molar-refractivity contribution in [3.8, 4) is 0 Å². The van der Waals surface area contributed by atoms with Crippen LogP contribution < -0.4 is 5.73 Å². The Morgan fingerprint density at radius 3 is 2.47 bits per heavy atom. The molecule has 0 spiro atoms. The minimum Gasteiger partial charge on any atom is -0.329 e. The second kappa shape index (κ2) is 6.72.